The Morgan fingerprint density at radius 1 is 1.56 bits per heavy atom. The Morgan fingerprint density at radius 3 is 2.67 bits per heavy atom. The van der Waals surface area contributed by atoms with Gasteiger partial charge in [0.15, 0.2) is 0 Å². The Balaban J connectivity index is 2.91. The SMILES string of the molecule is CC(C)CN(C)S(=O)(=O)c1cnn(CC(=O)O)c1. The minimum absolute atomic E-state index is 0.00639. The summed E-state index contributed by atoms with van der Waals surface area (Å²) >= 11 is 0. The summed E-state index contributed by atoms with van der Waals surface area (Å²) in [7, 11) is -2.10. The van der Waals surface area contributed by atoms with Crippen LogP contribution in [0, 0.1) is 5.92 Å². The molecule has 0 amide bonds. The highest BCUT2D eigenvalue weighted by Gasteiger charge is 2.23. The quantitative estimate of drug-likeness (QED) is 0.803. The van der Waals surface area contributed by atoms with E-state index in [1.165, 1.54) is 17.5 Å². The van der Waals surface area contributed by atoms with Crippen LogP contribution in [-0.4, -0.2) is 47.2 Å². The molecule has 0 saturated carbocycles. The van der Waals surface area contributed by atoms with Crippen LogP contribution in [0.1, 0.15) is 13.8 Å². The van der Waals surface area contributed by atoms with E-state index in [0.29, 0.717) is 6.54 Å². The average molecular weight is 275 g/mol. The van der Waals surface area contributed by atoms with Gasteiger partial charge in [-0.05, 0) is 5.92 Å². The van der Waals surface area contributed by atoms with Gasteiger partial charge in [-0.3, -0.25) is 9.48 Å². The smallest absolute Gasteiger partial charge is 0.325 e. The van der Waals surface area contributed by atoms with Crippen molar-refractivity contribution in [1.82, 2.24) is 14.1 Å². The highest BCUT2D eigenvalue weighted by molar-refractivity contribution is 7.89. The van der Waals surface area contributed by atoms with Crippen molar-refractivity contribution in [3.63, 3.8) is 0 Å². The van der Waals surface area contributed by atoms with Crippen molar-refractivity contribution in [2.75, 3.05) is 13.6 Å². The number of sulfonamides is 1. The highest BCUT2D eigenvalue weighted by Crippen LogP contribution is 2.14. The Kier molecular flexibility index (Phi) is 4.47. The van der Waals surface area contributed by atoms with Gasteiger partial charge in [0, 0.05) is 19.8 Å². The van der Waals surface area contributed by atoms with Crippen LogP contribution in [0.15, 0.2) is 17.3 Å². The fourth-order valence-electron chi connectivity index (χ4n) is 1.50. The molecule has 0 spiro atoms. The summed E-state index contributed by atoms with van der Waals surface area (Å²) in [5.74, 6) is -0.864. The highest BCUT2D eigenvalue weighted by atomic mass is 32.2. The van der Waals surface area contributed by atoms with Crippen molar-refractivity contribution in [1.29, 1.82) is 0 Å². The molecule has 0 unspecified atom stereocenters. The minimum atomic E-state index is -3.59. The van der Waals surface area contributed by atoms with Gasteiger partial charge in [-0.1, -0.05) is 13.8 Å². The maximum atomic E-state index is 12.1. The van der Waals surface area contributed by atoms with Gasteiger partial charge < -0.3 is 5.11 Å². The largest absolute Gasteiger partial charge is 0.480 e. The van der Waals surface area contributed by atoms with Crippen LogP contribution in [0.4, 0.5) is 0 Å². The maximum absolute atomic E-state index is 12.1. The van der Waals surface area contributed by atoms with Crippen LogP contribution in [0.3, 0.4) is 0 Å². The second-order valence-electron chi connectivity index (χ2n) is 4.45. The summed E-state index contributed by atoms with van der Waals surface area (Å²) in [6.45, 7) is 3.87. The molecule has 0 aliphatic carbocycles. The lowest BCUT2D eigenvalue weighted by Gasteiger charge is -2.17. The second kappa shape index (κ2) is 5.49. The summed E-state index contributed by atoms with van der Waals surface area (Å²) in [5.41, 5.74) is 0. The number of rotatable bonds is 6. The Bertz CT molecular complexity index is 521. The van der Waals surface area contributed by atoms with E-state index in [0.717, 1.165) is 10.9 Å². The third kappa shape index (κ3) is 3.54. The first-order valence-electron chi connectivity index (χ1n) is 5.44. The van der Waals surface area contributed by atoms with E-state index in [1.807, 2.05) is 13.8 Å². The zero-order valence-electron chi connectivity index (χ0n) is 10.6. The minimum Gasteiger partial charge on any atom is -0.480 e. The number of nitrogens with zero attached hydrogens (tertiary/aromatic N) is 3. The normalized spacial score (nSPS) is 12.3. The fraction of sp³-hybridized carbons (Fsp3) is 0.600. The molecule has 0 aliphatic heterocycles. The molecule has 1 rings (SSSR count). The van der Waals surface area contributed by atoms with E-state index in [1.54, 1.807) is 0 Å². The first-order valence-corrected chi connectivity index (χ1v) is 6.88. The predicted molar refractivity (Wildman–Crippen MR) is 64.5 cm³/mol. The van der Waals surface area contributed by atoms with Gasteiger partial charge in [0.1, 0.15) is 11.4 Å². The number of carbonyl (C=O) groups is 1. The van der Waals surface area contributed by atoms with Crippen LogP contribution in [-0.2, 0) is 21.4 Å². The van der Waals surface area contributed by atoms with Crippen LogP contribution >= 0.6 is 0 Å². The number of aromatic nitrogens is 2. The fourth-order valence-corrected chi connectivity index (χ4v) is 2.78. The van der Waals surface area contributed by atoms with Crippen LogP contribution in [0.25, 0.3) is 0 Å². The molecule has 1 aromatic heterocycles. The molecule has 1 heterocycles. The first-order chi connectivity index (χ1) is 8.23. The van der Waals surface area contributed by atoms with E-state index in [2.05, 4.69) is 5.10 Å². The summed E-state index contributed by atoms with van der Waals surface area (Å²) < 4.78 is 26.5. The van der Waals surface area contributed by atoms with Gasteiger partial charge in [0.05, 0.1) is 6.20 Å². The Morgan fingerprint density at radius 2 is 2.17 bits per heavy atom. The van der Waals surface area contributed by atoms with E-state index in [4.69, 9.17) is 5.11 Å². The van der Waals surface area contributed by atoms with Gasteiger partial charge >= 0.3 is 5.97 Å². The zero-order valence-corrected chi connectivity index (χ0v) is 11.4. The molecule has 0 bridgehead atoms. The Hall–Kier alpha value is -1.41. The molecule has 0 radical (unpaired) electrons. The van der Waals surface area contributed by atoms with Gasteiger partial charge in [-0.2, -0.15) is 5.10 Å². The van der Waals surface area contributed by atoms with Crippen molar-refractivity contribution in [2.45, 2.75) is 25.3 Å². The lowest BCUT2D eigenvalue weighted by Crippen LogP contribution is -2.30. The number of carboxylic acids is 1. The number of aliphatic carboxylic acids is 1. The summed E-state index contributed by atoms with van der Waals surface area (Å²) in [5, 5.41) is 12.3. The van der Waals surface area contributed by atoms with E-state index in [-0.39, 0.29) is 17.4 Å². The standard InChI is InChI=1S/C10H17N3O4S/c1-8(2)5-12(3)18(16,17)9-4-11-13(6-9)7-10(14)15/h4,6,8H,5,7H2,1-3H3,(H,14,15). The van der Waals surface area contributed by atoms with Crippen LogP contribution in [0.2, 0.25) is 0 Å². The van der Waals surface area contributed by atoms with E-state index in [9.17, 15) is 13.2 Å². The van der Waals surface area contributed by atoms with Crippen molar-refractivity contribution >= 4 is 16.0 Å². The summed E-state index contributed by atoms with van der Waals surface area (Å²) in [4.78, 5) is 10.5. The lowest BCUT2D eigenvalue weighted by molar-refractivity contribution is -0.137. The molecule has 102 valence electrons. The molecule has 18 heavy (non-hydrogen) atoms. The van der Waals surface area contributed by atoms with Crippen molar-refractivity contribution < 1.29 is 18.3 Å². The molecule has 1 N–H and O–H groups in total. The second-order valence-corrected chi connectivity index (χ2v) is 6.49. The zero-order chi connectivity index (χ0) is 13.9. The summed E-state index contributed by atoms with van der Waals surface area (Å²) in [6, 6.07) is 0. The third-order valence-corrected chi connectivity index (χ3v) is 4.01. The number of hydrogen-bond donors (Lipinski definition) is 1. The number of carboxylic acid groups (broad SMARTS) is 1. The molecule has 0 atom stereocenters. The van der Waals surface area contributed by atoms with Gasteiger partial charge in [0.25, 0.3) is 0 Å². The first kappa shape index (κ1) is 14.7. The van der Waals surface area contributed by atoms with Crippen molar-refractivity contribution in [2.24, 2.45) is 5.92 Å². The molecule has 7 nitrogen and oxygen atoms in total. The van der Waals surface area contributed by atoms with Gasteiger partial charge in [-0.15, -0.1) is 0 Å². The molecule has 0 saturated heterocycles. The van der Waals surface area contributed by atoms with Crippen molar-refractivity contribution in [3.8, 4) is 0 Å². The van der Waals surface area contributed by atoms with Gasteiger partial charge in [0.2, 0.25) is 10.0 Å². The monoisotopic (exact) mass is 275 g/mol. The van der Waals surface area contributed by atoms with Crippen LogP contribution < -0.4 is 0 Å². The number of hydrogen-bond acceptors (Lipinski definition) is 4. The molecule has 0 fully saturated rings. The predicted octanol–water partition coefficient (Wildman–Crippen LogP) is 0.244. The molecular formula is C10H17N3O4S. The molecular weight excluding hydrogens is 258 g/mol. The molecule has 0 aliphatic rings. The van der Waals surface area contributed by atoms with E-state index < -0.39 is 16.0 Å². The van der Waals surface area contributed by atoms with Crippen LogP contribution in [0.5, 0.6) is 0 Å². The molecule has 8 heteroatoms. The summed E-state index contributed by atoms with van der Waals surface area (Å²) in [6.07, 6.45) is 2.38. The van der Waals surface area contributed by atoms with Gasteiger partial charge in [-0.25, -0.2) is 12.7 Å². The third-order valence-electron chi connectivity index (χ3n) is 2.24. The lowest BCUT2D eigenvalue weighted by atomic mass is 10.2. The molecule has 1 aromatic rings. The topological polar surface area (TPSA) is 92.5 Å². The van der Waals surface area contributed by atoms with Crippen molar-refractivity contribution in [3.05, 3.63) is 12.4 Å². The van der Waals surface area contributed by atoms with E-state index >= 15 is 0 Å². The average Bonchev–Trinajstić information content (AvgIpc) is 2.64. The molecule has 0 aromatic carbocycles. The Labute approximate surface area is 106 Å². The maximum Gasteiger partial charge on any atom is 0.325 e.